The molecular weight excluding hydrogens is 274 g/mol. The van der Waals surface area contributed by atoms with Crippen molar-refractivity contribution >= 4 is 15.8 Å². The molecule has 1 aromatic carbocycles. The van der Waals surface area contributed by atoms with Crippen molar-refractivity contribution in [3.8, 4) is 0 Å². The molecule has 20 heavy (non-hydrogen) atoms. The van der Waals surface area contributed by atoms with Crippen LogP contribution in [-0.4, -0.2) is 31.6 Å². The van der Waals surface area contributed by atoms with Gasteiger partial charge in [0, 0.05) is 18.9 Å². The van der Waals surface area contributed by atoms with Gasteiger partial charge in [0.25, 0.3) is 0 Å². The van der Waals surface area contributed by atoms with Gasteiger partial charge in [0.1, 0.15) is 0 Å². The molecule has 0 aliphatic heterocycles. The first kappa shape index (κ1) is 13.5. The van der Waals surface area contributed by atoms with Gasteiger partial charge in [-0.2, -0.15) is 4.31 Å². The molecule has 4 nitrogen and oxygen atoms in total. The van der Waals surface area contributed by atoms with Crippen LogP contribution in [0.3, 0.4) is 0 Å². The first-order chi connectivity index (χ1) is 9.41. The summed E-state index contributed by atoms with van der Waals surface area (Å²) in [4.78, 5) is 12.4. The Morgan fingerprint density at radius 3 is 2.35 bits per heavy atom. The average Bonchev–Trinajstić information content (AvgIpc) is 2.99. The van der Waals surface area contributed by atoms with Crippen LogP contribution in [0.15, 0.2) is 41.3 Å². The second-order valence-corrected chi connectivity index (χ2v) is 7.57. The third-order valence-electron chi connectivity index (χ3n) is 4.27. The van der Waals surface area contributed by atoms with E-state index in [2.05, 4.69) is 0 Å². The number of rotatable bonds is 3. The largest absolute Gasteiger partial charge is 0.297 e. The Hall–Kier alpha value is -1.46. The number of benzene rings is 1. The number of carbonyl (C=O) groups is 1. The Balaban J connectivity index is 1.94. The van der Waals surface area contributed by atoms with E-state index >= 15 is 0 Å². The smallest absolute Gasteiger partial charge is 0.243 e. The number of fused-ring (bicyclic) bond motifs is 2. The molecule has 106 valence electrons. The first-order valence-electron chi connectivity index (χ1n) is 6.68. The average molecular weight is 291 g/mol. The molecule has 3 rings (SSSR count). The monoisotopic (exact) mass is 291 g/mol. The summed E-state index contributed by atoms with van der Waals surface area (Å²) in [7, 11) is -2.11. The Labute approximate surface area is 119 Å². The first-order valence-corrected chi connectivity index (χ1v) is 8.12. The second kappa shape index (κ2) is 4.53. The van der Waals surface area contributed by atoms with Gasteiger partial charge in [-0.15, -0.1) is 0 Å². The molecule has 0 saturated heterocycles. The number of Topliss-reactive ketones (excluding diaryl/α,β-unsaturated/α-hetero) is 1. The molecule has 0 N–H and O–H groups in total. The molecule has 2 aliphatic carbocycles. The number of sulfonamides is 1. The van der Waals surface area contributed by atoms with Gasteiger partial charge >= 0.3 is 0 Å². The van der Waals surface area contributed by atoms with Gasteiger partial charge in [-0.3, -0.25) is 4.79 Å². The van der Waals surface area contributed by atoms with Crippen LogP contribution in [0.5, 0.6) is 0 Å². The number of ketones is 1. The summed E-state index contributed by atoms with van der Waals surface area (Å²) in [5, 5.41) is 0. The maximum atomic E-state index is 12.6. The van der Waals surface area contributed by atoms with Crippen molar-refractivity contribution in [1.29, 1.82) is 0 Å². The zero-order valence-corrected chi connectivity index (χ0v) is 12.3. The fourth-order valence-corrected chi connectivity index (χ4v) is 4.45. The van der Waals surface area contributed by atoms with Gasteiger partial charge < -0.3 is 0 Å². The molecule has 3 atom stereocenters. The van der Waals surface area contributed by atoms with Crippen molar-refractivity contribution in [2.75, 3.05) is 7.05 Å². The van der Waals surface area contributed by atoms with Crippen LogP contribution in [-0.2, 0) is 14.8 Å². The van der Waals surface area contributed by atoms with Crippen LogP contribution < -0.4 is 0 Å². The van der Waals surface area contributed by atoms with Crippen LogP contribution in [0.2, 0.25) is 0 Å². The second-order valence-electron chi connectivity index (χ2n) is 5.57. The molecule has 0 radical (unpaired) electrons. The molecular formula is C15H17NO3S. The lowest BCUT2D eigenvalue weighted by atomic mass is 10.0. The number of aryl methyl sites for hydroxylation is 1. The van der Waals surface area contributed by atoms with Gasteiger partial charge in [-0.1, -0.05) is 29.8 Å². The van der Waals surface area contributed by atoms with E-state index in [1.165, 1.54) is 11.4 Å². The van der Waals surface area contributed by atoms with Gasteiger partial charge in [0.05, 0.1) is 10.9 Å². The van der Waals surface area contributed by atoms with E-state index in [1.807, 2.05) is 19.1 Å². The Kier molecular flexibility index (Phi) is 3.06. The zero-order valence-electron chi connectivity index (χ0n) is 11.5. The predicted octanol–water partition coefficient (Wildman–Crippen LogP) is 1.76. The fraction of sp³-hybridized carbons (Fsp3) is 0.400. The zero-order chi connectivity index (χ0) is 14.5. The van der Waals surface area contributed by atoms with E-state index in [4.69, 9.17) is 0 Å². The van der Waals surface area contributed by atoms with Crippen molar-refractivity contribution in [2.45, 2.75) is 24.3 Å². The lowest BCUT2D eigenvalue weighted by Gasteiger charge is -2.27. The highest BCUT2D eigenvalue weighted by Gasteiger charge is 2.48. The molecule has 2 aliphatic rings. The molecule has 5 heteroatoms. The van der Waals surface area contributed by atoms with Gasteiger partial charge in [-0.05, 0) is 25.5 Å². The molecule has 2 bridgehead atoms. The fourth-order valence-electron chi connectivity index (χ4n) is 3.08. The molecule has 0 aromatic heterocycles. The number of nitrogens with zero attached hydrogens (tertiary/aromatic N) is 1. The maximum absolute atomic E-state index is 12.6. The Morgan fingerprint density at radius 2 is 1.80 bits per heavy atom. The van der Waals surface area contributed by atoms with E-state index in [0.29, 0.717) is 0 Å². The summed E-state index contributed by atoms with van der Waals surface area (Å²) < 4.78 is 26.4. The minimum Gasteiger partial charge on any atom is -0.297 e. The molecule has 0 heterocycles. The molecule has 0 amide bonds. The Bertz CT molecular complexity index is 676. The van der Waals surface area contributed by atoms with Crippen LogP contribution >= 0.6 is 0 Å². The summed E-state index contributed by atoms with van der Waals surface area (Å²) in [6.07, 6.45) is 4.62. The molecule has 1 aromatic rings. The molecule has 0 spiro atoms. The molecule has 1 fully saturated rings. The standard InChI is InChI=1S/C15H17NO3S/c1-10-3-7-13(8-4-10)20(18,19)16(2)14-11-5-6-12(9-11)15(14)17/h3-8,11-12,14H,9H2,1-2H3/t11-,12+,14-/m0/s1. The van der Waals surface area contributed by atoms with E-state index in [9.17, 15) is 13.2 Å². The highest BCUT2D eigenvalue weighted by Crippen LogP contribution is 2.40. The van der Waals surface area contributed by atoms with Crippen molar-refractivity contribution in [3.63, 3.8) is 0 Å². The summed E-state index contributed by atoms with van der Waals surface area (Å²) in [6.45, 7) is 1.91. The topological polar surface area (TPSA) is 54.5 Å². The summed E-state index contributed by atoms with van der Waals surface area (Å²) >= 11 is 0. The highest BCUT2D eigenvalue weighted by molar-refractivity contribution is 7.89. The third-order valence-corrected chi connectivity index (χ3v) is 6.12. The van der Waals surface area contributed by atoms with E-state index < -0.39 is 16.1 Å². The van der Waals surface area contributed by atoms with Crippen molar-refractivity contribution in [3.05, 3.63) is 42.0 Å². The minimum atomic E-state index is -3.62. The third kappa shape index (κ3) is 1.93. The summed E-state index contributed by atoms with van der Waals surface area (Å²) in [5.74, 6) is -0.0472. The van der Waals surface area contributed by atoms with Crippen molar-refractivity contribution in [2.24, 2.45) is 11.8 Å². The number of likely N-dealkylation sites (N-methyl/N-ethyl adjacent to an activating group) is 1. The molecule has 0 unspecified atom stereocenters. The predicted molar refractivity (Wildman–Crippen MR) is 75.7 cm³/mol. The number of hydrogen-bond acceptors (Lipinski definition) is 3. The highest BCUT2D eigenvalue weighted by atomic mass is 32.2. The number of allylic oxidation sites excluding steroid dienone is 1. The summed E-state index contributed by atoms with van der Waals surface area (Å²) in [5.41, 5.74) is 1.01. The van der Waals surface area contributed by atoms with Gasteiger partial charge in [-0.25, -0.2) is 8.42 Å². The lowest BCUT2D eigenvalue weighted by molar-refractivity contribution is -0.122. The molecule has 1 saturated carbocycles. The summed E-state index contributed by atoms with van der Waals surface area (Å²) in [6, 6.07) is 6.17. The van der Waals surface area contributed by atoms with Crippen molar-refractivity contribution < 1.29 is 13.2 Å². The van der Waals surface area contributed by atoms with E-state index in [0.717, 1.165) is 12.0 Å². The lowest BCUT2D eigenvalue weighted by Crippen LogP contribution is -2.44. The van der Waals surface area contributed by atoms with Gasteiger partial charge in [0.2, 0.25) is 10.0 Å². The Morgan fingerprint density at radius 1 is 1.15 bits per heavy atom. The van der Waals surface area contributed by atoms with Crippen molar-refractivity contribution in [1.82, 2.24) is 4.31 Å². The maximum Gasteiger partial charge on any atom is 0.243 e. The van der Waals surface area contributed by atoms with E-state index in [1.54, 1.807) is 24.3 Å². The number of carbonyl (C=O) groups excluding carboxylic acids is 1. The van der Waals surface area contributed by atoms with Crippen LogP contribution in [0.1, 0.15) is 12.0 Å². The van der Waals surface area contributed by atoms with Crippen LogP contribution in [0.25, 0.3) is 0 Å². The van der Waals surface area contributed by atoms with E-state index in [-0.39, 0.29) is 22.5 Å². The quantitative estimate of drug-likeness (QED) is 0.797. The van der Waals surface area contributed by atoms with Crippen LogP contribution in [0, 0.1) is 18.8 Å². The number of hydrogen-bond donors (Lipinski definition) is 0. The minimum absolute atomic E-state index is 0.0238. The normalized spacial score (nSPS) is 28.6. The van der Waals surface area contributed by atoms with Gasteiger partial charge in [0.15, 0.2) is 5.78 Å². The van der Waals surface area contributed by atoms with Crippen LogP contribution in [0.4, 0.5) is 0 Å². The SMILES string of the molecule is Cc1ccc(S(=O)(=O)N(C)[C@@H]2C(=O)[C@@H]3C=C[C@H]2C3)cc1.